The van der Waals surface area contributed by atoms with E-state index in [0.29, 0.717) is 42.6 Å². The zero-order chi connectivity index (χ0) is 21.1. The second-order valence-electron chi connectivity index (χ2n) is 7.11. The zero-order valence-corrected chi connectivity index (χ0v) is 16.9. The lowest BCUT2D eigenvalue weighted by atomic mass is 10.1. The van der Waals surface area contributed by atoms with E-state index < -0.39 is 0 Å². The topological polar surface area (TPSA) is 69.3 Å². The summed E-state index contributed by atoms with van der Waals surface area (Å²) in [6, 6.07) is 13.3. The van der Waals surface area contributed by atoms with Crippen molar-refractivity contribution in [1.82, 2.24) is 14.9 Å². The molecule has 0 aliphatic carbocycles. The molecule has 0 bridgehead atoms. The van der Waals surface area contributed by atoms with E-state index in [9.17, 15) is 14.0 Å². The van der Waals surface area contributed by atoms with Crippen molar-refractivity contribution in [2.75, 3.05) is 31.1 Å². The number of carbonyl (C=O) groups excluding carboxylic acids is 1. The van der Waals surface area contributed by atoms with E-state index in [1.54, 1.807) is 41.3 Å². The number of amides is 1. The van der Waals surface area contributed by atoms with Crippen LogP contribution in [0.2, 0.25) is 5.02 Å². The summed E-state index contributed by atoms with van der Waals surface area (Å²) in [5.74, 6) is 0.0505. The van der Waals surface area contributed by atoms with Gasteiger partial charge in [0, 0.05) is 54.2 Å². The van der Waals surface area contributed by atoms with Crippen LogP contribution in [0.4, 0.5) is 10.1 Å². The number of benzene rings is 2. The van der Waals surface area contributed by atoms with Gasteiger partial charge in [0.25, 0.3) is 5.56 Å². The Hall–Kier alpha value is -3.19. The van der Waals surface area contributed by atoms with E-state index in [4.69, 9.17) is 11.6 Å². The van der Waals surface area contributed by atoms with Gasteiger partial charge < -0.3 is 14.8 Å². The minimum atomic E-state index is -0.326. The van der Waals surface area contributed by atoms with Crippen molar-refractivity contribution in [2.45, 2.75) is 6.42 Å². The van der Waals surface area contributed by atoms with Crippen LogP contribution in [0.15, 0.2) is 59.5 Å². The fourth-order valence-corrected chi connectivity index (χ4v) is 3.57. The fraction of sp³-hybridized carbons (Fsp3) is 0.227. The second kappa shape index (κ2) is 8.67. The maximum Gasteiger partial charge on any atom is 0.254 e. The maximum absolute atomic E-state index is 13.1. The number of aromatic amines is 1. The third-order valence-electron chi connectivity index (χ3n) is 5.16. The summed E-state index contributed by atoms with van der Waals surface area (Å²) in [4.78, 5) is 36.0. The largest absolute Gasteiger partial charge is 0.368 e. The Morgan fingerprint density at radius 2 is 1.70 bits per heavy atom. The molecule has 0 atom stereocenters. The first-order valence-electron chi connectivity index (χ1n) is 9.62. The number of rotatable bonds is 4. The lowest BCUT2D eigenvalue weighted by Crippen LogP contribution is -2.49. The van der Waals surface area contributed by atoms with Gasteiger partial charge in [-0.1, -0.05) is 11.6 Å². The number of carbonyl (C=O) groups is 1. The molecular weight excluding hydrogens is 407 g/mol. The molecule has 4 rings (SSSR count). The lowest BCUT2D eigenvalue weighted by molar-refractivity contribution is -0.130. The van der Waals surface area contributed by atoms with Gasteiger partial charge in [-0.25, -0.2) is 9.37 Å². The fourth-order valence-electron chi connectivity index (χ4n) is 3.44. The Labute approximate surface area is 177 Å². The summed E-state index contributed by atoms with van der Waals surface area (Å²) >= 11 is 5.88. The molecule has 154 valence electrons. The first kappa shape index (κ1) is 20.1. The molecule has 8 heteroatoms. The molecule has 1 saturated heterocycles. The number of nitrogens with one attached hydrogen (secondary N) is 1. The number of hydrogen-bond donors (Lipinski definition) is 1. The maximum atomic E-state index is 13.1. The number of nitrogens with zero attached hydrogens (tertiary/aromatic N) is 3. The quantitative estimate of drug-likeness (QED) is 0.696. The number of H-pyrrole nitrogens is 1. The molecule has 2 aromatic carbocycles. The number of hydrogen-bond acceptors (Lipinski definition) is 4. The zero-order valence-electron chi connectivity index (χ0n) is 16.1. The van der Waals surface area contributed by atoms with Crippen LogP contribution in [0.3, 0.4) is 0 Å². The average Bonchev–Trinajstić information content (AvgIpc) is 2.76. The summed E-state index contributed by atoms with van der Waals surface area (Å²) in [5, 5.41) is 0.600. The predicted molar refractivity (Wildman–Crippen MR) is 114 cm³/mol. The Balaban J connectivity index is 1.38. The number of piperazine rings is 1. The standard InChI is InChI=1S/C22H20ClFN4O2/c23-17-3-1-15(2-4-17)21-25-14-16(22(30)26-21)13-20(29)28-11-9-27(10-12-28)19-7-5-18(24)6-8-19/h1-8,14H,9-13H2,(H,25,26,30). The molecule has 0 radical (unpaired) electrons. The van der Waals surface area contributed by atoms with Gasteiger partial charge in [0.05, 0.1) is 6.42 Å². The van der Waals surface area contributed by atoms with Crippen LogP contribution in [0.5, 0.6) is 0 Å². The molecule has 0 unspecified atom stereocenters. The number of aromatic nitrogens is 2. The Kier molecular flexibility index (Phi) is 5.81. The van der Waals surface area contributed by atoms with Crippen molar-refractivity contribution in [1.29, 1.82) is 0 Å². The van der Waals surface area contributed by atoms with E-state index in [0.717, 1.165) is 11.3 Å². The molecule has 1 aliphatic rings. The molecule has 0 saturated carbocycles. The van der Waals surface area contributed by atoms with E-state index in [1.165, 1.54) is 18.3 Å². The second-order valence-corrected chi connectivity index (χ2v) is 7.55. The first-order chi connectivity index (χ1) is 14.5. The molecule has 0 spiro atoms. The Morgan fingerprint density at radius 3 is 2.33 bits per heavy atom. The van der Waals surface area contributed by atoms with E-state index in [2.05, 4.69) is 14.9 Å². The summed E-state index contributed by atoms with van der Waals surface area (Å²) < 4.78 is 13.1. The summed E-state index contributed by atoms with van der Waals surface area (Å²) in [7, 11) is 0. The van der Waals surface area contributed by atoms with Crippen molar-refractivity contribution in [3.05, 3.63) is 81.5 Å². The van der Waals surface area contributed by atoms with Crippen LogP contribution in [0.25, 0.3) is 11.4 Å². The van der Waals surface area contributed by atoms with Crippen LogP contribution in [-0.2, 0) is 11.2 Å². The van der Waals surface area contributed by atoms with Crippen molar-refractivity contribution in [3.63, 3.8) is 0 Å². The highest BCUT2D eigenvalue weighted by Crippen LogP contribution is 2.18. The molecule has 1 N–H and O–H groups in total. The molecule has 3 aromatic rings. The van der Waals surface area contributed by atoms with Gasteiger partial charge in [-0.3, -0.25) is 9.59 Å². The van der Waals surface area contributed by atoms with E-state index in [1.807, 2.05) is 0 Å². The molecule has 1 aromatic heterocycles. The highest BCUT2D eigenvalue weighted by Gasteiger charge is 2.22. The van der Waals surface area contributed by atoms with Crippen LogP contribution in [0, 0.1) is 5.82 Å². The smallest absolute Gasteiger partial charge is 0.254 e. The van der Waals surface area contributed by atoms with Gasteiger partial charge in [0.2, 0.25) is 5.91 Å². The summed E-state index contributed by atoms with van der Waals surface area (Å²) in [6.45, 7) is 2.40. The van der Waals surface area contributed by atoms with Crippen LogP contribution in [-0.4, -0.2) is 47.0 Å². The SMILES string of the molecule is O=C(Cc1cnc(-c2ccc(Cl)cc2)[nH]c1=O)N1CCN(c2ccc(F)cc2)CC1. The Bertz CT molecular complexity index is 1090. The summed E-state index contributed by atoms with van der Waals surface area (Å²) in [5.41, 5.74) is 1.68. The normalized spacial score (nSPS) is 14.1. The van der Waals surface area contributed by atoms with Crippen molar-refractivity contribution in [3.8, 4) is 11.4 Å². The minimum absolute atomic E-state index is 0.000219. The van der Waals surface area contributed by atoms with Gasteiger partial charge in [-0.2, -0.15) is 0 Å². The van der Waals surface area contributed by atoms with E-state index in [-0.39, 0.29) is 23.7 Å². The monoisotopic (exact) mass is 426 g/mol. The van der Waals surface area contributed by atoms with Gasteiger partial charge in [-0.05, 0) is 48.5 Å². The predicted octanol–water partition coefficient (Wildman–Crippen LogP) is 3.12. The molecule has 1 aliphatic heterocycles. The molecule has 2 heterocycles. The van der Waals surface area contributed by atoms with Gasteiger partial charge in [0.1, 0.15) is 11.6 Å². The molecule has 1 amide bonds. The minimum Gasteiger partial charge on any atom is -0.368 e. The van der Waals surface area contributed by atoms with Gasteiger partial charge in [-0.15, -0.1) is 0 Å². The van der Waals surface area contributed by atoms with Crippen molar-refractivity contribution in [2.24, 2.45) is 0 Å². The van der Waals surface area contributed by atoms with Crippen LogP contribution in [0.1, 0.15) is 5.56 Å². The Morgan fingerprint density at radius 1 is 1.03 bits per heavy atom. The molecule has 1 fully saturated rings. The van der Waals surface area contributed by atoms with Crippen LogP contribution < -0.4 is 10.5 Å². The number of anilines is 1. The third kappa shape index (κ3) is 4.52. The molecule has 6 nitrogen and oxygen atoms in total. The summed E-state index contributed by atoms with van der Waals surface area (Å²) in [6.07, 6.45) is 1.45. The van der Waals surface area contributed by atoms with Gasteiger partial charge >= 0.3 is 0 Å². The van der Waals surface area contributed by atoms with Crippen LogP contribution >= 0.6 is 11.6 Å². The number of halogens is 2. The average molecular weight is 427 g/mol. The van der Waals surface area contributed by atoms with Gasteiger partial charge in [0.15, 0.2) is 0 Å². The first-order valence-corrected chi connectivity index (χ1v) is 10.00. The van der Waals surface area contributed by atoms with Crippen molar-refractivity contribution < 1.29 is 9.18 Å². The highest BCUT2D eigenvalue weighted by molar-refractivity contribution is 6.30. The highest BCUT2D eigenvalue weighted by atomic mass is 35.5. The molecule has 30 heavy (non-hydrogen) atoms. The molecular formula is C22H20ClFN4O2. The van der Waals surface area contributed by atoms with E-state index >= 15 is 0 Å². The van der Waals surface area contributed by atoms with Crippen molar-refractivity contribution >= 4 is 23.2 Å². The third-order valence-corrected chi connectivity index (χ3v) is 5.41. The lowest BCUT2D eigenvalue weighted by Gasteiger charge is -2.36.